The molecule has 0 heterocycles. The summed E-state index contributed by atoms with van der Waals surface area (Å²) < 4.78 is 18.3. The second kappa shape index (κ2) is 4.99. The van der Waals surface area contributed by atoms with Gasteiger partial charge in [-0.3, -0.25) is 0 Å². The van der Waals surface area contributed by atoms with E-state index in [4.69, 9.17) is 16.3 Å². The quantitative estimate of drug-likeness (QED) is 0.761. The van der Waals surface area contributed by atoms with Crippen LogP contribution in [0.15, 0.2) is 12.1 Å². The third-order valence-electron chi connectivity index (χ3n) is 2.04. The van der Waals surface area contributed by atoms with E-state index in [0.717, 1.165) is 0 Å². The van der Waals surface area contributed by atoms with E-state index >= 15 is 0 Å². The monoisotopic (exact) mass is 280 g/mol. The Hall–Kier alpha value is -0.280. The fourth-order valence-electron chi connectivity index (χ4n) is 1.26. The molecule has 0 amide bonds. The zero-order valence-corrected chi connectivity index (χ0v) is 10.3. The molecule has 0 radical (unpaired) electrons. The van der Waals surface area contributed by atoms with Gasteiger partial charge in [0.1, 0.15) is 11.6 Å². The van der Waals surface area contributed by atoms with E-state index in [0.29, 0.717) is 16.6 Å². The minimum Gasteiger partial charge on any atom is -0.496 e. The molecular weight excluding hydrogens is 270 g/mol. The Kier molecular flexibility index (Phi) is 4.20. The summed E-state index contributed by atoms with van der Waals surface area (Å²) in [6.45, 7) is 1.96. The van der Waals surface area contributed by atoms with Crippen LogP contribution < -0.4 is 4.74 Å². The zero-order chi connectivity index (χ0) is 10.7. The predicted octanol–water partition coefficient (Wildman–Crippen LogP) is 3.99. The maximum Gasteiger partial charge on any atom is 0.142 e. The molecule has 0 fully saturated rings. The van der Waals surface area contributed by atoms with E-state index in [1.165, 1.54) is 6.07 Å². The van der Waals surface area contributed by atoms with Crippen LogP contribution in [0.1, 0.15) is 18.4 Å². The molecule has 1 aromatic carbocycles. The second-order valence-electron chi connectivity index (χ2n) is 3.03. The van der Waals surface area contributed by atoms with Crippen molar-refractivity contribution >= 4 is 27.5 Å². The summed E-state index contributed by atoms with van der Waals surface area (Å²) in [7, 11) is 1.55. The minimum atomic E-state index is -0.407. The molecule has 78 valence electrons. The number of alkyl halides is 1. The van der Waals surface area contributed by atoms with Crippen molar-refractivity contribution in [3.05, 3.63) is 28.5 Å². The van der Waals surface area contributed by atoms with Crippen LogP contribution in [0.4, 0.5) is 4.39 Å². The second-order valence-corrected chi connectivity index (χ2v) is 4.06. The van der Waals surface area contributed by atoms with E-state index in [2.05, 4.69) is 15.9 Å². The van der Waals surface area contributed by atoms with Crippen molar-refractivity contribution in [3.8, 4) is 5.75 Å². The predicted molar refractivity (Wildman–Crippen MR) is 60.2 cm³/mol. The number of halogens is 3. The lowest BCUT2D eigenvalue weighted by molar-refractivity contribution is 0.406. The number of methoxy groups -OCH3 is 1. The van der Waals surface area contributed by atoms with E-state index in [-0.39, 0.29) is 10.9 Å². The largest absolute Gasteiger partial charge is 0.496 e. The molecule has 14 heavy (non-hydrogen) atoms. The van der Waals surface area contributed by atoms with E-state index in [9.17, 15) is 4.39 Å². The van der Waals surface area contributed by atoms with Crippen LogP contribution in [0.2, 0.25) is 5.02 Å². The molecule has 0 saturated carbocycles. The van der Waals surface area contributed by atoms with E-state index < -0.39 is 5.82 Å². The molecule has 1 nitrogen and oxygen atoms in total. The molecule has 0 spiro atoms. The van der Waals surface area contributed by atoms with Gasteiger partial charge in [-0.15, -0.1) is 0 Å². The van der Waals surface area contributed by atoms with Gasteiger partial charge >= 0.3 is 0 Å². The molecule has 0 aromatic heterocycles. The highest BCUT2D eigenvalue weighted by molar-refractivity contribution is 9.09. The molecule has 4 heteroatoms. The van der Waals surface area contributed by atoms with Crippen molar-refractivity contribution < 1.29 is 9.13 Å². The summed E-state index contributed by atoms with van der Waals surface area (Å²) in [6.07, 6.45) is 0. The Morgan fingerprint density at radius 3 is 2.71 bits per heavy atom. The summed E-state index contributed by atoms with van der Waals surface area (Å²) in [4.78, 5) is 0. The Balaban J connectivity index is 3.27. The smallest absolute Gasteiger partial charge is 0.142 e. The van der Waals surface area contributed by atoms with Crippen molar-refractivity contribution in [3.63, 3.8) is 0 Å². The highest BCUT2D eigenvalue weighted by Crippen LogP contribution is 2.35. The molecular formula is C10H11BrClFO. The number of hydrogen-bond donors (Lipinski definition) is 0. The SMILES string of the molecule is COc1ccc(F)c(Cl)c1C(C)CBr. The van der Waals surface area contributed by atoms with Crippen molar-refractivity contribution in [1.29, 1.82) is 0 Å². The van der Waals surface area contributed by atoms with Crippen LogP contribution in [-0.4, -0.2) is 12.4 Å². The zero-order valence-electron chi connectivity index (χ0n) is 7.98. The van der Waals surface area contributed by atoms with Crippen LogP contribution in [-0.2, 0) is 0 Å². The lowest BCUT2D eigenvalue weighted by Gasteiger charge is -2.15. The molecule has 1 aromatic rings. The average molecular weight is 282 g/mol. The first kappa shape index (κ1) is 11.8. The van der Waals surface area contributed by atoms with Crippen LogP contribution in [0.5, 0.6) is 5.75 Å². The summed E-state index contributed by atoms with van der Waals surface area (Å²) >= 11 is 9.21. The Bertz CT molecular complexity index is 330. The highest BCUT2D eigenvalue weighted by Gasteiger charge is 2.17. The van der Waals surface area contributed by atoms with E-state index in [1.807, 2.05) is 6.92 Å². The standard InChI is InChI=1S/C10H11BrClFO/c1-6(5-11)9-8(14-2)4-3-7(13)10(9)12/h3-4,6H,5H2,1-2H3. The molecule has 0 aliphatic rings. The lowest BCUT2D eigenvalue weighted by Crippen LogP contribution is -2.01. The normalized spacial score (nSPS) is 12.6. The fraction of sp³-hybridized carbons (Fsp3) is 0.400. The third kappa shape index (κ3) is 2.20. The van der Waals surface area contributed by atoms with Gasteiger partial charge in [-0.05, 0) is 18.1 Å². The summed E-state index contributed by atoms with van der Waals surface area (Å²) in [5, 5.41) is 0.864. The van der Waals surface area contributed by atoms with Gasteiger partial charge in [-0.2, -0.15) is 0 Å². The van der Waals surface area contributed by atoms with Gasteiger partial charge in [-0.1, -0.05) is 34.5 Å². The molecule has 0 aliphatic heterocycles. The van der Waals surface area contributed by atoms with E-state index in [1.54, 1.807) is 13.2 Å². The minimum absolute atomic E-state index is 0.119. The number of rotatable bonds is 3. The van der Waals surface area contributed by atoms with Crippen LogP contribution in [0.25, 0.3) is 0 Å². The molecule has 1 rings (SSSR count). The third-order valence-corrected chi connectivity index (χ3v) is 3.39. The van der Waals surface area contributed by atoms with Gasteiger partial charge in [0.2, 0.25) is 0 Å². The summed E-state index contributed by atoms with van der Waals surface area (Å²) in [6, 6.07) is 2.90. The summed E-state index contributed by atoms with van der Waals surface area (Å²) in [5.41, 5.74) is 0.714. The maximum atomic E-state index is 13.2. The van der Waals surface area contributed by atoms with Gasteiger partial charge in [0, 0.05) is 10.9 Å². The van der Waals surface area contributed by atoms with Crippen molar-refractivity contribution in [2.24, 2.45) is 0 Å². The van der Waals surface area contributed by atoms with Gasteiger partial charge in [0.05, 0.1) is 12.1 Å². The first-order valence-corrected chi connectivity index (χ1v) is 5.69. The first-order valence-electron chi connectivity index (χ1n) is 4.19. The topological polar surface area (TPSA) is 9.23 Å². The first-order chi connectivity index (χ1) is 6.61. The molecule has 0 bridgehead atoms. The van der Waals surface area contributed by atoms with Gasteiger partial charge < -0.3 is 4.74 Å². The Morgan fingerprint density at radius 1 is 1.57 bits per heavy atom. The Labute approximate surface area is 96.3 Å². The van der Waals surface area contributed by atoms with Crippen molar-refractivity contribution in [2.45, 2.75) is 12.8 Å². The van der Waals surface area contributed by atoms with Crippen molar-refractivity contribution in [2.75, 3.05) is 12.4 Å². The van der Waals surface area contributed by atoms with Gasteiger partial charge in [0.15, 0.2) is 0 Å². The van der Waals surface area contributed by atoms with Crippen molar-refractivity contribution in [1.82, 2.24) is 0 Å². The van der Waals surface area contributed by atoms with Crippen LogP contribution >= 0.6 is 27.5 Å². The Morgan fingerprint density at radius 2 is 2.21 bits per heavy atom. The van der Waals surface area contributed by atoms with Crippen LogP contribution in [0, 0.1) is 5.82 Å². The number of benzene rings is 1. The van der Waals surface area contributed by atoms with Gasteiger partial charge in [0.25, 0.3) is 0 Å². The lowest BCUT2D eigenvalue weighted by atomic mass is 10.0. The fourth-order valence-corrected chi connectivity index (χ4v) is 1.93. The maximum absolute atomic E-state index is 13.2. The molecule has 1 unspecified atom stereocenters. The molecule has 0 N–H and O–H groups in total. The number of ether oxygens (including phenoxy) is 1. The molecule has 0 aliphatic carbocycles. The molecule has 0 saturated heterocycles. The van der Waals surface area contributed by atoms with Gasteiger partial charge in [-0.25, -0.2) is 4.39 Å². The highest BCUT2D eigenvalue weighted by atomic mass is 79.9. The summed E-state index contributed by atoms with van der Waals surface area (Å²) in [5.74, 6) is 0.340. The average Bonchev–Trinajstić information content (AvgIpc) is 2.20. The van der Waals surface area contributed by atoms with Crippen LogP contribution in [0.3, 0.4) is 0 Å². The number of hydrogen-bond acceptors (Lipinski definition) is 1. The molecule has 1 atom stereocenters.